The van der Waals surface area contributed by atoms with E-state index in [9.17, 15) is 14.7 Å². The van der Waals surface area contributed by atoms with Crippen molar-refractivity contribution in [3.8, 4) is 5.75 Å². The molecule has 0 bridgehead atoms. The monoisotopic (exact) mass is 465 g/mol. The molecule has 0 saturated heterocycles. The molecule has 2 N–H and O–H groups in total. The first kappa shape index (κ1) is 21.5. The zero-order chi connectivity index (χ0) is 23.7. The van der Waals surface area contributed by atoms with E-state index < -0.39 is 11.8 Å². The minimum Gasteiger partial charge on any atom is -0.508 e. The van der Waals surface area contributed by atoms with Crippen molar-refractivity contribution in [2.24, 2.45) is 4.99 Å². The van der Waals surface area contributed by atoms with Gasteiger partial charge in [0.25, 0.3) is 11.8 Å². The van der Waals surface area contributed by atoms with Gasteiger partial charge in [-0.1, -0.05) is 60.7 Å². The van der Waals surface area contributed by atoms with E-state index in [4.69, 9.17) is 12.2 Å². The van der Waals surface area contributed by atoms with Crippen LogP contribution >= 0.6 is 12.2 Å². The molecule has 2 amide bonds. The number of imide groups is 1. The summed E-state index contributed by atoms with van der Waals surface area (Å²) in [6.07, 6.45) is 0. The molecule has 0 fully saturated rings. The number of rotatable bonds is 3. The number of fused-ring (bicyclic) bond motifs is 2. The fraction of sp³-hybridized carbons (Fsp3) is 0.0370. The highest BCUT2D eigenvalue weighted by atomic mass is 32.1. The number of carbonyl (C=O) groups excluding carboxylic acids is 2. The number of benzene rings is 4. The highest BCUT2D eigenvalue weighted by Gasteiger charge is 2.38. The third kappa shape index (κ3) is 3.93. The summed E-state index contributed by atoms with van der Waals surface area (Å²) in [6.45, 7) is 0.231. The van der Waals surface area contributed by atoms with Crippen LogP contribution in [0, 0.1) is 0 Å². The van der Waals surface area contributed by atoms with Crippen LogP contribution in [0.5, 0.6) is 5.75 Å². The van der Waals surface area contributed by atoms with Gasteiger partial charge in [-0.25, -0.2) is 9.89 Å². The van der Waals surface area contributed by atoms with Crippen LogP contribution in [0.4, 0.5) is 5.69 Å². The molecule has 0 radical (unpaired) electrons. The number of thiocarbonyl (C=S) groups is 1. The van der Waals surface area contributed by atoms with Gasteiger partial charge in [-0.2, -0.15) is 0 Å². The standard InChI is InChI=1S/C27H19N3O3S/c31-23-15-19-11-5-4-10-18(19)14-20(23)16-28-27(34)29-24-21-12-6-7-13-22(21)30(26(24)33)25(32)17-8-2-1-3-9-17/h1-15,31H,16H2,(H,28,34). The van der Waals surface area contributed by atoms with Crippen molar-refractivity contribution in [2.45, 2.75) is 6.54 Å². The number of hydrogen-bond donors (Lipinski definition) is 2. The van der Waals surface area contributed by atoms with Crippen molar-refractivity contribution in [3.05, 3.63) is 108 Å². The van der Waals surface area contributed by atoms with E-state index in [-0.39, 0.29) is 23.1 Å². The second kappa shape index (κ2) is 8.88. The van der Waals surface area contributed by atoms with Gasteiger partial charge in [0.2, 0.25) is 0 Å². The van der Waals surface area contributed by atoms with Crippen LogP contribution in [-0.2, 0) is 11.3 Å². The van der Waals surface area contributed by atoms with Crippen molar-refractivity contribution in [1.29, 1.82) is 0 Å². The van der Waals surface area contributed by atoms with E-state index in [2.05, 4.69) is 10.3 Å². The molecule has 0 aliphatic carbocycles. The van der Waals surface area contributed by atoms with E-state index >= 15 is 0 Å². The van der Waals surface area contributed by atoms with E-state index in [0.717, 1.165) is 15.7 Å². The lowest BCUT2D eigenvalue weighted by Gasteiger charge is -2.14. The predicted molar refractivity (Wildman–Crippen MR) is 136 cm³/mol. The largest absolute Gasteiger partial charge is 0.508 e. The summed E-state index contributed by atoms with van der Waals surface area (Å²) < 4.78 is 0. The smallest absolute Gasteiger partial charge is 0.284 e. The number of nitrogens with zero attached hydrogens (tertiary/aromatic N) is 2. The first-order valence-electron chi connectivity index (χ1n) is 10.6. The summed E-state index contributed by atoms with van der Waals surface area (Å²) in [5.74, 6) is -0.820. The number of nitrogens with one attached hydrogen (secondary N) is 1. The van der Waals surface area contributed by atoms with Crippen LogP contribution in [-0.4, -0.2) is 27.7 Å². The first-order valence-corrected chi connectivity index (χ1v) is 11.0. The van der Waals surface area contributed by atoms with Crippen molar-refractivity contribution in [1.82, 2.24) is 5.32 Å². The maximum Gasteiger partial charge on any atom is 0.284 e. The number of aromatic hydroxyl groups is 1. The van der Waals surface area contributed by atoms with Crippen molar-refractivity contribution >= 4 is 51.3 Å². The lowest BCUT2D eigenvalue weighted by atomic mass is 10.1. The first-order chi connectivity index (χ1) is 16.5. The van der Waals surface area contributed by atoms with Gasteiger partial charge < -0.3 is 10.4 Å². The third-order valence-electron chi connectivity index (χ3n) is 5.62. The van der Waals surface area contributed by atoms with Gasteiger partial charge in [0.1, 0.15) is 11.5 Å². The van der Waals surface area contributed by atoms with Crippen LogP contribution < -0.4 is 10.2 Å². The molecule has 0 atom stereocenters. The van der Waals surface area contributed by atoms with Gasteiger partial charge in [0.15, 0.2) is 5.11 Å². The maximum absolute atomic E-state index is 13.2. The minimum atomic E-state index is -0.534. The lowest BCUT2D eigenvalue weighted by Crippen LogP contribution is -2.36. The normalized spacial score (nSPS) is 13.8. The molecule has 7 heteroatoms. The van der Waals surface area contributed by atoms with E-state index in [1.165, 1.54) is 0 Å². The van der Waals surface area contributed by atoms with Gasteiger partial charge in [-0.3, -0.25) is 9.59 Å². The molecule has 34 heavy (non-hydrogen) atoms. The molecular weight excluding hydrogens is 446 g/mol. The molecule has 0 unspecified atom stereocenters. The van der Waals surface area contributed by atoms with Gasteiger partial charge >= 0.3 is 0 Å². The molecule has 1 aliphatic rings. The molecule has 0 saturated carbocycles. The topological polar surface area (TPSA) is 82.0 Å². The predicted octanol–water partition coefficient (Wildman–Crippen LogP) is 4.60. The Morgan fingerprint density at radius 3 is 2.32 bits per heavy atom. The number of hydrogen-bond acceptors (Lipinski definition) is 4. The summed E-state index contributed by atoms with van der Waals surface area (Å²) in [5.41, 5.74) is 2.16. The Bertz CT molecular complexity index is 1480. The quantitative estimate of drug-likeness (QED) is 0.342. The average molecular weight is 466 g/mol. The van der Waals surface area contributed by atoms with Gasteiger partial charge in [0, 0.05) is 23.2 Å². The second-order valence-corrected chi connectivity index (χ2v) is 8.16. The zero-order valence-corrected chi connectivity index (χ0v) is 18.8. The van der Waals surface area contributed by atoms with Crippen molar-refractivity contribution in [2.75, 3.05) is 4.90 Å². The van der Waals surface area contributed by atoms with E-state index in [1.807, 2.05) is 30.3 Å². The molecule has 6 nitrogen and oxygen atoms in total. The third-order valence-corrected chi connectivity index (χ3v) is 5.86. The molecule has 5 rings (SSSR count). The highest BCUT2D eigenvalue weighted by molar-refractivity contribution is 7.80. The molecule has 166 valence electrons. The summed E-state index contributed by atoms with van der Waals surface area (Å²) in [4.78, 5) is 31.8. The molecule has 0 aromatic heterocycles. The Morgan fingerprint density at radius 2 is 1.56 bits per heavy atom. The molecule has 4 aromatic carbocycles. The molecule has 0 spiro atoms. The minimum absolute atomic E-state index is 0.0831. The number of phenols is 1. The summed E-state index contributed by atoms with van der Waals surface area (Å²) >= 11 is 5.37. The fourth-order valence-electron chi connectivity index (χ4n) is 3.95. The summed E-state index contributed by atoms with van der Waals surface area (Å²) in [6, 6.07) is 26.9. The Kier molecular flexibility index (Phi) is 5.61. The van der Waals surface area contributed by atoms with Crippen molar-refractivity contribution in [3.63, 3.8) is 0 Å². The number of phenolic OH excluding ortho intramolecular Hbond substituents is 1. The molecule has 4 aromatic rings. The average Bonchev–Trinajstić information content (AvgIpc) is 3.14. The number of amides is 2. The van der Waals surface area contributed by atoms with E-state index in [0.29, 0.717) is 22.4 Å². The van der Waals surface area contributed by atoms with Gasteiger partial charge in [-0.15, -0.1) is 0 Å². The van der Waals surface area contributed by atoms with Crippen LogP contribution in [0.25, 0.3) is 10.8 Å². The second-order valence-electron chi connectivity index (χ2n) is 7.78. The summed E-state index contributed by atoms with van der Waals surface area (Å²) in [5, 5.41) is 15.4. The van der Waals surface area contributed by atoms with Crippen LogP contribution in [0.2, 0.25) is 0 Å². The molecule has 1 heterocycles. The van der Waals surface area contributed by atoms with Crippen molar-refractivity contribution < 1.29 is 14.7 Å². The number of carbonyl (C=O) groups is 2. The SMILES string of the molecule is O=C1C(=NC(=S)NCc2cc3ccccc3cc2O)c2ccccc2N1C(=O)c1ccccc1. The zero-order valence-electron chi connectivity index (χ0n) is 17.9. The number of anilines is 1. The molecule has 1 aliphatic heterocycles. The molecular formula is C27H19N3O3S. The Morgan fingerprint density at radius 1 is 0.912 bits per heavy atom. The van der Waals surface area contributed by atoms with Gasteiger partial charge in [0.05, 0.1) is 5.69 Å². The number of aliphatic imine (C=N–C) groups is 1. The Balaban J connectivity index is 1.40. The highest BCUT2D eigenvalue weighted by Crippen LogP contribution is 2.31. The van der Waals surface area contributed by atoms with E-state index in [1.54, 1.807) is 60.7 Å². The van der Waals surface area contributed by atoms with Crippen LogP contribution in [0.3, 0.4) is 0 Å². The Labute approximate surface area is 201 Å². The van der Waals surface area contributed by atoms with Crippen LogP contribution in [0.1, 0.15) is 21.5 Å². The fourth-order valence-corrected chi connectivity index (χ4v) is 4.11. The van der Waals surface area contributed by atoms with Gasteiger partial charge in [-0.05, 0) is 53.3 Å². The summed E-state index contributed by atoms with van der Waals surface area (Å²) in [7, 11) is 0. The maximum atomic E-state index is 13.2. The number of para-hydroxylation sites is 1. The lowest BCUT2D eigenvalue weighted by molar-refractivity contribution is -0.111. The Hall–Kier alpha value is -4.36. The van der Waals surface area contributed by atoms with Crippen LogP contribution in [0.15, 0.2) is 96.0 Å².